The summed E-state index contributed by atoms with van der Waals surface area (Å²) < 4.78 is 0. The highest BCUT2D eigenvalue weighted by Crippen LogP contribution is 2.43. The summed E-state index contributed by atoms with van der Waals surface area (Å²) in [7, 11) is 0. The van der Waals surface area contributed by atoms with Gasteiger partial charge in [-0.25, -0.2) is 0 Å². The number of rotatable bonds is 4. The molecule has 0 fully saturated rings. The zero-order valence-corrected chi connectivity index (χ0v) is 21.1. The van der Waals surface area contributed by atoms with E-state index < -0.39 is 0 Å². The van der Waals surface area contributed by atoms with E-state index in [1.165, 1.54) is 65.7 Å². The van der Waals surface area contributed by atoms with Gasteiger partial charge in [0, 0.05) is 0 Å². The molecule has 7 aromatic carbocycles. The van der Waals surface area contributed by atoms with Crippen molar-refractivity contribution >= 4 is 38.4 Å². The molecular formula is C38H26. The van der Waals surface area contributed by atoms with Gasteiger partial charge < -0.3 is 0 Å². The number of hydrogen-bond donors (Lipinski definition) is 0. The topological polar surface area (TPSA) is 0 Å². The summed E-state index contributed by atoms with van der Waals surface area (Å²) in [5.41, 5.74) is 8.62. The van der Waals surface area contributed by atoms with Crippen LogP contribution < -0.4 is 0 Å². The fourth-order valence-electron chi connectivity index (χ4n) is 5.73. The van der Waals surface area contributed by atoms with Crippen LogP contribution >= 0.6 is 0 Å². The van der Waals surface area contributed by atoms with Crippen molar-refractivity contribution in [1.82, 2.24) is 0 Å². The molecule has 0 saturated carbocycles. The van der Waals surface area contributed by atoms with Crippen molar-refractivity contribution in [3.05, 3.63) is 152 Å². The lowest BCUT2D eigenvalue weighted by Gasteiger charge is -2.18. The summed E-state index contributed by atoms with van der Waals surface area (Å²) in [6.45, 7) is 3.92. The number of hydrogen-bond acceptors (Lipinski definition) is 0. The van der Waals surface area contributed by atoms with Crippen molar-refractivity contribution < 1.29 is 0 Å². The fourth-order valence-corrected chi connectivity index (χ4v) is 5.73. The molecule has 0 amide bonds. The SMILES string of the molecule is C=Cc1ccc(-c2c3ccccc3c(-c3ccc(-c4ccc5ccccc5c4)cc3)c3ccccc23)cc1. The van der Waals surface area contributed by atoms with Crippen molar-refractivity contribution in [2.24, 2.45) is 0 Å². The van der Waals surface area contributed by atoms with Crippen LogP contribution in [0.25, 0.3) is 71.8 Å². The molecule has 0 atom stereocenters. The molecule has 0 radical (unpaired) electrons. The Morgan fingerprint density at radius 3 is 1.32 bits per heavy atom. The third-order valence-electron chi connectivity index (χ3n) is 7.62. The van der Waals surface area contributed by atoms with Gasteiger partial charge in [-0.1, -0.05) is 146 Å². The second kappa shape index (κ2) is 9.18. The first-order valence-corrected chi connectivity index (χ1v) is 13.1. The minimum atomic E-state index is 1.13. The Kier molecular flexibility index (Phi) is 5.38. The van der Waals surface area contributed by atoms with Crippen molar-refractivity contribution in [2.75, 3.05) is 0 Å². The van der Waals surface area contributed by atoms with Crippen molar-refractivity contribution in [3.8, 4) is 33.4 Å². The summed E-state index contributed by atoms with van der Waals surface area (Å²) in [5, 5.41) is 7.62. The molecule has 0 spiro atoms. The Morgan fingerprint density at radius 2 is 0.789 bits per heavy atom. The second-order valence-corrected chi connectivity index (χ2v) is 9.81. The van der Waals surface area contributed by atoms with Gasteiger partial charge in [0.15, 0.2) is 0 Å². The third kappa shape index (κ3) is 3.70. The summed E-state index contributed by atoms with van der Waals surface area (Å²) in [6, 6.07) is 50.6. The van der Waals surface area contributed by atoms with Gasteiger partial charge >= 0.3 is 0 Å². The molecule has 0 aliphatic carbocycles. The molecule has 0 unspecified atom stereocenters. The lowest BCUT2D eigenvalue weighted by Crippen LogP contribution is -1.91. The van der Waals surface area contributed by atoms with Gasteiger partial charge in [0.2, 0.25) is 0 Å². The van der Waals surface area contributed by atoms with E-state index in [0.29, 0.717) is 0 Å². The number of fused-ring (bicyclic) bond motifs is 3. The molecular weight excluding hydrogens is 456 g/mol. The van der Waals surface area contributed by atoms with Crippen LogP contribution in [0.1, 0.15) is 5.56 Å². The Labute approximate surface area is 223 Å². The van der Waals surface area contributed by atoms with Gasteiger partial charge in [0.1, 0.15) is 0 Å². The van der Waals surface area contributed by atoms with Crippen LogP contribution in [0, 0.1) is 0 Å². The van der Waals surface area contributed by atoms with Gasteiger partial charge in [-0.3, -0.25) is 0 Å². The van der Waals surface area contributed by atoms with Crippen LogP contribution in [0.15, 0.2) is 146 Å². The van der Waals surface area contributed by atoms with E-state index in [4.69, 9.17) is 0 Å². The Balaban J connectivity index is 1.42. The smallest absolute Gasteiger partial charge is 0.00264 e. The van der Waals surface area contributed by atoms with E-state index >= 15 is 0 Å². The van der Waals surface area contributed by atoms with E-state index in [9.17, 15) is 0 Å². The molecule has 0 N–H and O–H groups in total. The minimum absolute atomic E-state index is 1.13. The van der Waals surface area contributed by atoms with Crippen molar-refractivity contribution in [2.45, 2.75) is 0 Å². The monoisotopic (exact) mass is 482 g/mol. The molecule has 0 nitrogen and oxygen atoms in total. The summed E-state index contributed by atoms with van der Waals surface area (Å²) >= 11 is 0. The summed E-state index contributed by atoms with van der Waals surface area (Å²) in [4.78, 5) is 0. The van der Waals surface area contributed by atoms with E-state index in [1.54, 1.807) is 0 Å². The maximum atomic E-state index is 3.92. The largest absolute Gasteiger partial charge is 0.0985 e. The van der Waals surface area contributed by atoms with Crippen molar-refractivity contribution in [1.29, 1.82) is 0 Å². The fraction of sp³-hybridized carbons (Fsp3) is 0. The summed E-state index contributed by atoms with van der Waals surface area (Å²) in [5.74, 6) is 0. The van der Waals surface area contributed by atoms with Crippen LogP contribution in [-0.4, -0.2) is 0 Å². The maximum Gasteiger partial charge on any atom is -0.00264 e. The molecule has 38 heavy (non-hydrogen) atoms. The first kappa shape index (κ1) is 22.3. The lowest BCUT2D eigenvalue weighted by atomic mass is 9.85. The average Bonchev–Trinajstić information content (AvgIpc) is 3.00. The Bertz CT molecular complexity index is 1900. The molecule has 0 aliphatic heterocycles. The molecule has 0 saturated heterocycles. The highest BCUT2D eigenvalue weighted by atomic mass is 14.2. The van der Waals surface area contributed by atoms with Gasteiger partial charge in [-0.2, -0.15) is 0 Å². The predicted molar refractivity (Wildman–Crippen MR) is 165 cm³/mol. The van der Waals surface area contributed by atoms with Crippen LogP contribution in [-0.2, 0) is 0 Å². The molecule has 7 aromatic rings. The van der Waals surface area contributed by atoms with Crippen LogP contribution in [0.2, 0.25) is 0 Å². The van der Waals surface area contributed by atoms with Gasteiger partial charge in [-0.15, -0.1) is 0 Å². The van der Waals surface area contributed by atoms with Crippen LogP contribution in [0.3, 0.4) is 0 Å². The van der Waals surface area contributed by atoms with Crippen LogP contribution in [0.5, 0.6) is 0 Å². The molecule has 0 heteroatoms. The van der Waals surface area contributed by atoms with Crippen molar-refractivity contribution in [3.63, 3.8) is 0 Å². The Morgan fingerprint density at radius 1 is 0.368 bits per heavy atom. The van der Waals surface area contributed by atoms with Gasteiger partial charge in [0.25, 0.3) is 0 Å². The maximum absolute atomic E-state index is 3.92. The van der Waals surface area contributed by atoms with E-state index in [2.05, 4.69) is 146 Å². The average molecular weight is 483 g/mol. The first-order chi connectivity index (χ1) is 18.8. The standard InChI is InChI=1S/C38H26/c1-2-26-15-17-29(18-16-26)37-33-11-5-7-13-35(33)38(36-14-8-6-12-34(36)37)30-22-19-28(20-23-30)32-24-21-27-9-3-4-10-31(27)25-32/h2-25H,1H2. The number of benzene rings is 7. The van der Waals surface area contributed by atoms with Crippen LogP contribution in [0.4, 0.5) is 0 Å². The highest BCUT2D eigenvalue weighted by molar-refractivity contribution is 6.21. The molecule has 7 rings (SSSR count). The van der Waals surface area contributed by atoms with E-state index in [-0.39, 0.29) is 0 Å². The van der Waals surface area contributed by atoms with Gasteiger partial charge in [-0.05, 0) is 77.3 Å². The van der Waals surface area contributed by atoms with E-state index in [0.717, 1.165) is 5.56 Å². The molecule has 0 aliphatic rings. The molecule has 0 aromatic heterocycles. The molecule has 0 bridgehead atoms. The highest BCUT2D eigenvalue weighted by Gasteiger charge is 2.16. The zero-order valence-electron chi connectivity index (χ0n) is 21.1. The summed E-state index contributed by atoms with van der Waals surface area (Å²) in [6.07, 6.45) is 1.89. The molecule has 178 valence electrons. The zero-order chi connectivity index (χ0) is 25.5. The predicted octanol–water partition coefficient (Wildman–Crippen LogP) is 10.8. The molecule has 0 heterocycles. The normalized spacial score (nSPS) is 11.3. The van der Waals surface area contributed by atoms with Gasteiger partial charge in [0.05, 0.1) is 0 Å². The minimum Gasteiger partial charge on any atom is -0.0985 e. The second-order valence-electron chi connectivity index (χ2n) is 9.81. The van der Waals surface area contributed by atoms with E-state index in [1.807, 2.05) is 6.08 Å². The Hall–Kier alpha value is -4.94. The third-order valence-corrected chi connectivity index (χ3v) is 7.62. The lowest BCUT2D eigenvalue weighted by molar-refractivity contribution is 1.62. The quantitative estimate of drug-likeness (QED) is 0.219. The first-order valence-electron chi connectivity index (χ1n) is 13.1.